The van der Waals surface area contributed by atoms with Gasteiger partial charge in [0.25, 0.3) is 0 Å². The molecule has 0 aliphatic carbocycles. The minimum Gasteiger partial charge on any atom is -0.385 e. The molecule has 0 amide bonds. The van der Waals surface area contributed by atoms with Crippen LogP contribution in [0.15, 0.2) is 30.3 Å². The predicted octanol–water partition coefficient (Wildman–Crippen LogP) is 3.28. The average Bonchev–Trinajstić information content (AvgIpc) is 2.47. The van der Waals surface area contributed by atoms with Crippen LogP contribution in [0, 0.1) is 6.92 Å². The Morgan fingerprint density at radius 1 is 1.29 bits per heavy atom. The van der Waals surface area contributed by atoms with Crippen molar-refractivity contribution in [1.82, 2.24) is 10.3 Å². The van der Waals surface area contributed by atoms with Gasteiger partial charge in [-0.15, -0.1) is 0 Å². The van der Waals surface area contributed by atoms with Crippen molar-refractivity contribution in [1.29, 1.82) is 0 Å². The van der Waals surface area contributed by atoms with E-state index in [9.17, 15) is 5.11 Å². The standard InChI is InChI=1S/C18H24N2O/c1-13-6-7-14-11-15(8-9-17(14)20-13)18(2,21)12-16-5-3-4-10-19-16/h6-9,11,16,19,21H,3-5,10,12H2,1-2H3. The molecule has 1 fully saturated rings. The van der Waals surface area contributed by atoms with Gasteiger partial charge in [0.1, 0.15) is 0 Å². The SMILES string of the molecule is Cc1ccc2cc(C(C)(O)CC3CCCCN3)ccc2n1. The van der Waals surface area contributed by atoms with Crippen LogP contribution in [0.1, 0.15) is 43.9 Å². The van der Waals surface area contributed by atoms with Gasteiger partial charge in [-0.3, -0.25) is 4.98 Å². The fraction of sp³-hybridized carbons (Fsp3) is 0.500. The van der Waals surface area contributed by atoms with Gasteiger partial charge < -0.3 is 10.4 Å². The number of rotatable bonds is 3. The van der Waals surface area contributed by atoms with Crippen molar-refractivity contribution in [3.05, 3.63) is 41.6 Å². The zero-order chi connectivity index (χ0) is 14.9. The summed E-state index contributed by atoms with van der Waals surface area (Å²) >= 11 is 0. The number of piperidine rings is 1. The van der Waals surface area contributed by atoms with Crippen molar-refractivity contribution in [2.75, 3.05) is 6.54 Å². The first-order chi connectivity index (χ1) is 10.0. The summed E-state index contributed by atoms with van der Waals surface area (Å²) in [4.78, 5) is 4.52. The smallest absolute Gasteiger partial charge is 0.0883 e. The van der Waals surface area contributed by atoms with Crippen LogP contribution in [0.3, 0.4) is 0 Å². The minimum atomic E-state index is -0.798. The van der Waals surface area contributed by atoms with Crippen LogP contribution < -0.4 is 5.32 Å². The Kier molecular flexibility index (Phi) is 3.96. The molecular formula is C18H24N2O. The van der Waals surface area contributed by atoms with Gasteiger partial charge >= 0.3 is 0 Å². The molecule has 1 saturated heterocycles. The molecule has 1 aliphatic heterocycles. The van der Waals surface area contributed by atoms with Crippen LogP contribution in [0.25, 0.3) is 10.9 Å². The van der Waals surface area contributed by atoms with Crippen molar-refractivity contribution >= 4 is 10.9 Å². The van der Waals surface area contributed by atoms with Gasteiger partial charge in [0, 0.05) is 17.1 Å². The van der Waals surface area contributed by atoms with Crippen molar-refractivity contribution in [2.45, 2.75) is 51.2 Å². The molecule has 3 heteroatoms. The van der Waals surface area contributed by atoms with E-state index in [2.05, 4.69) is 22.4 Å². The van der Waals surface area contributed by atoms with E-state index in [0.29, 0.717) is 6.04 Å². The molecule has 0 spiro atoms. The van der Waals surface area contributed by atoms with Crippen molar-refractivity contribution in [2.24, 2.45) is 0 Å². The molecule has 0 saturated carbocycles. The van der Waals surface area contributed by atoms with Crippen LogP contribution in [0.5, 0.6) is 0 Å². The van der Waals surface area contributed by atoms with Crippen LogP contribution in [0.2, 0.25) is 0 Å². The molecule has 21 heavy (non-hydrogen) atoms. The first kappa shape index (κ1) is 14.5. The molecule has 112 valence electrons. The lowest BCUT2D eigenvalue weighted by atomic mass is 9.86. The summed E-state index contributed by atoms with van der Waals surface area (Å²) in [6, 6.07) is 10.6. The maximum absolute atomic E-state index is 10.9. The molecule has 2 aromatic rings. The van der Waals surface area contributed by atoms with Crippen molar-refractivity contribution < 1.29 is 5.11 Å². The second kappa shape index (κ2) is 5.74. The molecule has 3 nitrogen and oxygen atoms in total. The normalized spacial score (nSPS) is 22.1. The third-order valence-corrected chi connectivity index (χ3v) is 4.51. The fourth-order valence-electron chi connectivity index (χ4n) is 3.26. The Hall–Kier alpha value is -1.45. The highest BCUT2D eigenvalue weighted by atomic mass is 16.3. The van der Waals surface area contributed by atoms with Crippen LogP contribution in [0.4, 0.5) is 0 Å². The lowest BCUT2D eigenvalue weighted by molar-refractivity contribution is 0.0333. The lowest BCUT2D eigenvalue weighted by Gasteiger charge is -2.32. The number of hydrogen-bond donors (Lipinski definition) is 2. The van der Waals surface area contributed by atoms with E-state index in [4.69, 9.17) is 0 Å². The molecule has 0 bridgehead atoms. The second-order valence-corrected chi connectivity index (χ2v) is 6.48. The second-order valence-electron chi connectivity index (χ2n) is 6.48. The Balaban J connectivity index is 1.85. The summed E-state index contributed by atoms with van der Waals surface area (Å²) < 4.78 is 0. The van der Waals surface area contributed by atoms with Gasteiger partial charge in [0.2, 0.25) is 0 Å². The fourth-order valence-corrected chi connectivity index (χ4v) is 3.26. The molecule has 2 atom stereocenters. The number of nitrogens with one attached hydrogen (secondary N) is 1. The highest BCUT2D eigenvalue weighted by Gasteiger charge is 2.28. The van der Waals surface area contributed by atoms with E-state index in [0.717, 1.165) is 41.5 Å². The van der Waals surface area contributed by atoms with E-state index in [-0.39, 0.29) is 0 Å². The van der Waals surface area contributed by atoms with Crippen molar-refractivity contribution in [3.63, 3.8) is 0 Å². The number of aromatic nitrogens is 1. The van der Waals surface area contributed by atoms with Crippen LogP contribution in [-0.2, 0) is 5.60 Å². The topological polar surface area (TPSA) is 45.1 Å². The molecular weight excluding hydrogens is 260 g/mol. The van der Waals surface area contributed by atoms with Gasteiger partial charge in [-0.25, -0.2) is 0 Å². The van der Waals surface area contributed by atoms with Gasteiger partial charge in [-0.2, -0.15) is 0 Å². The third-order valence-electron chi connectivity index (χ3n) is 4.51. The zero-order valence-corrected chi connectivity index (χ0v) is 12.9. The molecule has 2 heterocycles. The maximum atomic E-state index is 10.9. The van der Waals surface area contributed by atoms with E-state index in [1.807, 2.05) is 32.0 Å². The number of pyridine rings is 1. The summed E-state index contributed by atoms with van der Waals surface area (Å²) in [6.45, 7) is 4.99. The van der Waals surface area contributed by atoms with Gasteiger partial charge in [0.05, 0.1) is 11.1 Å². The summed E-state index contributed by atoms with van der Waals surface area (Å²) in [5.74, 6) is 0. The van der Waals surface area contributed by atoms with Gasteiger partial charge in [-0.1, -0.05) is 18.6 Å². The Morgan fingerprint density at radius 2 is 2.14 bits per heavy atom. The van der Waals surface area contributed by atoms with E-state index >= 15 is 0 Å². The number of hydrogen-bond acceptors (Lipinski definition) is 3. The van der Waals surface area contributed by atoms with E-state index < -0.39 is 5.60 Å². The Morgan fingerprint density at radius 3 is 2.90 bits per heavy atom. The van der Waals surface area contributed by atoms with Crippen LogP contribution in [-0.4, -0.2) is 22.7 Å². The maximum Gasteiger partial charge on any atom is 0.0883 e. The molecule has 1 aromatic heterocycles. The Labute approximate surface area is 126 Å². The molecule has 2 unspecified atom stereocenters. The molecule has 1 aliphatic rings. The molecule has 3 rings (SSSR count). The average molecular weight is 284 g/mol. The highest BCUT2D eigenvalue weighted by molar-refractivity contribution is 5.79. The number of aryl methyl sites for hydroxylation is 1. The minimum absolute atomic E-state index is 0.417. The van der Waals surface area contributed by atoms with Crippen LogP contribution >= 0.6 is 0 Å². The number of fused-ring (bicyclic) bond motifs is 1. The third kappa shape index (κ3) is 3.25. The number of aliphatic hydroxyl groups is 1. The lowest BCUT2D eigenvalue weighted by Crippen LogP contribution is -2.39. The predicted molar refractivity (Wildman–Crippen MR) is 86.3 cm³/mol. The van der Waals surface area contributed by atoms with E-state index in [1.165, 1.54) is 12.8 Å². The summed E-state index contributed by atoms with van der Waals surface area (Å²) in [5.41, 5.74) is 2.19. The van der Waals surface area contributed by atoms with E-state index in [1.54, 1.807) is 0 Å². The molecule has 1 aromatic carbocycles. The summed E-state index contributed by atoms with van der Waals surface area (Å²) in [7, 11) is 0. The summed E-state index contributed by atoms with van der Waals surface area (Å²) in [6.07, 6.45) is 4.43. The molecule has 0 radical (unpaired) electrons. The molecule has 2 N–H and O–H groups in total. The number of benzene rings is 1. The number of nitrogens with zero attached hydrogens (tertiary/aromatic N) is 1. The first-order valence-electron chi connectivity index (χ1n) is 7.88. The summed E-state index contributed by atoms with van der Waals surface area (Å²) in [5, 5.41) is 15.5. The Bertz CT molecular complexity index is 630. The van der Waals surface area contributed by atoms with Gasteiger partial charge in [0.15, 0.2) is 0 Å². The largest absolute Gasteiger partial charge is 0.385 e. The quantitative estimate of drug-likeness (QED) is 0.909. The zero-order valence-electron chi connectivity index (χ0n) is 12.9. The van der Waals surface area contributed by atoms with Gasteiger partial charge in [-0.05, 0) is 63.4 Å². The first-order valence-corrected chi connectivity index (χ1v) is 7.88. The monoisotopic (exact) mass is 284 g/mol. The highest BCUT2D eigenvalue weighted by Crippen LogP contribution is 2.30. The van der Waals surface area contributed by atoms with Crippen molar-refractivity contribution in [3.8, 4) is 0 Å².